The van der Waals surface area contributed by atoms with E-state index in [1.807, 2.05) is 38.1 Å². The number of ether oxygens (including phenoxy) is 4. The summed E-state index contributed by atoms with van der Waals surface area (Å²) in [5.41, 5.74) is 5.31. The van der Waals surface area contributed by atoms with Crippen molar-refractivity contribution in [2.45, 2.75) is 45.2 Å². The Labute approximate surface area is 414 Å². The Morgan fingerprint density at radius 3 is 2.43 bits per heavy atom. The molecule has 0 amide bonds. The van der Waals surface area contributed by atoms with E-state index in [-0.39, 0.29) is 47.1 Å². The van der Waals surface area contributed by atoms with E-state index < -0.39 is 31.1 Å². The van der Waals surface area contributed by atoms with E-state index in [0.29, 0.717) is 72.9 Å². The van der Waals surface area contributed by atoms with E-state index in [1.54, 1.807) is 56.0 Å². The van der Waals surface area contributed by atoms with Crippen LogP contribution in [0.1, 0.15) is 28.8 Å². The maximum atomic E-state index is 14.4. The lowest BCUT2D eigenvalue weighted by molar-refractivity contribution is -0.145. The molecule has 1 N–H and O–H groups in total. The second-order valence-corrected chi connectivity index (χ2v) is 22.8. The van der Waals surface area contributed by atoms with E-state index in [9.17, 15) is 18.9 Å². The Bertz CT molecular complexity index is 2980. The monoisotopic (exact) mass is 1010 g/mol. The smallest absolute Gasteiger partial charge is 0.345 e. The molecule has 1 fully saturated rings. The van der Waals surface area contributed by atoms with Crippen LogP contribution >= 0.6 is 41.7 Å². The topological polar surface area (TPSA) is 149 Å². The van der Waals surface area contributed by atoms with E-state index in [4.69, 9.17) is 47.1 Å². The summed E-state index contributed by atoms with van der Waals surface area (Å²) in [6, 6.07) is 15.4. The molecular weight excluding hydrogens is 962 g/mol. The predicted octanol–water partition coefficient (Wildman–Crippen LogP) is 11.1. The zero-order valence-corrected chi connectivity index (χ0v) is 42.1. The van der Waals surface area contributed by atoms with Crippen molar-refractivity contribution in [3.8, 4) is 44.6 Å². The van der Waals surface area contributed by atoms with Gasteiger partial charge in [-0.3, -0.25) is 4.90 Å². The van der Waals surface area contributed by atoms with E-state index in [0.717, 1.165) is 37.3 Å². The van der Waals surface area contributed by atoms with Crippen LogP contribution in [-0.2, 0) is 31.6 Å². The summed E-state index contributed by atoms with van der Waals surface area (Å²) in [4.78, 5) is 37.6. The molecule has 69 heavy (non-hydrogen) atoms. The lowest BCUT2D eigenvalue weighted by Crippen LogP contribution is -2.48. The molecule has 360 valence electrons. The first-order valence-electron chi connectivity index (χ1n) is 22.3. The second kappa shape index (κ2) is 21.5. The number of benzene rings is 3. The number of rotatable bonds is 11. The first kappa shape index (κ1) is 49.7. The highest BCUT2D eigenvalue weighted by Crippen LogP contribution is 2.53. The number of aromatic nitrogens is 4. The van der Waals surface area contributed by atoms with E-state index in [2.05, 4.69) is 38.4 Å². The number of allylic oxidation sites excluding steroid dienone is 3. The first-order chi connectivity index (χ1) is 33.0. The van der Waals surface area contributed by atoms with Crippen molar-refractivity contribution in [3.05, 3.63) is 142 Å². The van der Waals surface area contributed by atoms with Crippen LogP contribution in [0, 0.1) is 19.7 Å². The lowest BCUT2D eigenvalue weighted by atomic mass is 9.92. The van der Waals surface area contributed by atoms with Gasteiger partial charge in [0.15, 0.2) is 11.6 Å². The largest absolute Gasteiger partial charge is 0.491 e. The average Bonchev–Trinajstić information content (AvgIpc) is 3.70. The molecule has 18 heteroatoms. The van der Waals surface area contributed by atoms with Crippen LogP contribution in [0.5, 0.6) is 11.6 Å². The molecule has 2 bridgehead atoms. The fourth-order valence-corrected chi connectivity index (χ4v) is 11.1. The van der Waals surface area contributed by atoms with Crippen molar-refractivity contribution < 1.29 is 37.8 Å². The Balaban J connectivity index is 1.25. The molecular formula is C51H52Cl2FN6O7PS. The Hall–Kier alpha value is -5.67. The number of aliphatic carboxylic acids is 1. The van der Waals surface area contributed by atoms with E-state index >= 15 is 0 Å². The summed E-state index contributed by atoms with van der Waals surface area (Å²) in [6.45, 7) is 14.9. The number of nitrogens with zero attached hydrogens (tertiary/aromatic N) is 6. The zero-order valence-electron chi connectivity index (χ0n) is 38.9. The van der Waals surface area contributed by atoms with Crippen LogP contribution in [-0.4, -0.2) is 113 Å². The van der Waals surface area contributed by atoms with Gasteiger partial charge in [0.1, 0.15) is 47.8 Å². The first-order valence-corrected chi connectivity index (χ1v) is 26.6. The van der Waals surface area contributed by atoms with Gasteiger partial charge in [-0.05, 0) is 92.4 Å². The van der Waals surface area contributed by atoms with Gasteiger partial charge in [-0.15, -0.1) is 11.3 Å². The van der Waals surface area contributed by atoms with Gasteiger partial charge in [0.25, 0.3) is 0 Å². The summed E-state index contributed by atoms with van der Waals surface area (Å²) in [5.74, 6) is -0.507. The van der Waals surface area contributed by atoms with Gasteiger partial charge in [-0.2, -0.15) is 0 Å². The van der Waals surface area contributed by atoms with Crippen LogP contribution in [0.25, 0.3) is 43.2 Å². The van der Waals surface area contributed by atoms with Gasteiger partial charge in [0.2, 0.25) is 12.0 Å². The molecule has 9 rings (SSSR count). The number of halogens is 3. The number of thiophene rings is 1. The fourth-order valence-electron chi connectivity index (χ4n) is 8.35. The maximum Gasteiger partial charge on any atom is 0.345 e. The number of hydrogen-bond donors (Lipinski definition) is 1. The molecule has 3 aliphatic heterocycles. The summed E-state index contributed by atoms with van der Waals surface area (Å²) < 4.78 is 53.3. The highest BCUT2D eigenvalue weighted by atomic mass is 35.5. The molecule has 6 aromatic rings. The normalized spacial score (nSPS) is 18.7. The van der Waals surface area contributed by atoms with Crippen LogP contribution < -0.4 is 9.47 Å². The molecule has 1 saturated heterocycles. The van der Waals surface area contributed by atoms with Gasteiger partial charge in [0.05, 0.1) is 34.7 Å². The summed E-state index contributed by atoms with van der Waals surface area (Å²) >= 11 is 16.0. The predicted molar refractivity (Wildman–Crippen MR) is 270 cm³/mol. The number of hydrogen-bond acceptors (Lipinski definition) is 13. The third-order valence-electron chi connectivity index (χ3n) is 11.8. The minimum Gasteiger partial charge on any atom is -0.491 e. The summed E-state index contributed by atoms with van der Waals surface area (Å²) in [5, 5.41) is 11.9. The van der Waals surface area contributed by atoms with Crippen molar-refractivity contribution in [3.63, 3.8) is 0 Å². The third-order valence-corrected chi connectivity index (χ3v) is 14.9. The zero-order chi connectivity index (χ0) is 49.0. The van der Waals surface area contributed by atoms with Crippen LogP contribution in [0.4, 0.5) is 4.39 Å². The second-order valence-electron chi connectivity index (χ2n) is 17.6. The van der Waals surface area contributed by atoms with Crippen LogP contribution in [0.3, 0.4) is 0 Å². The molecule has 2 atom stereocenters. The Kier molecular flexibility index (Phi) is 15.5. The molecule has 3 aliphatic rings. The molecule has 6 heterocycles. The highest BCUT2D eigenvalue weighted by molar-refractivity contribution is 7.61. The van der Waals surface area contributed by atoms with Gasteiger partial charge in [0, 0.05) is 67.2 Å². The number of carboxylic acids is 1. The van der Waals surface area contributed by atoms with Crippen LogP contribution in [0.15, 0.2) is 103 Å². The molecule has 3 aromatic heterocycles. The maximum absolute atomic E-state index is 14.4. The molecule has 0 saturated carbocycles. The quantitative estimate of drug-likeness (QED) is 0.123. The van der Waals surface area contributed by atoms with Gasteiger partial charge in [-0.25, -0.2) is 29.1 Å². The SMILES string of the molecule is C=C/C=C1\C=C(/OCc2ccnc(-c3cccc(CP(C)(C)=O)c3)n2)C[C@H](C(=O)O)Oc2ncnc3sc(-c4ccc(F)cc4)c(c23)-c2c(C)c(Cl)c(c(Cl)c2C)O[C@H](CN2CCN(C)CC2)CO1. The number of carbonyl (C=O) groups is 1. The Morgan fingerprint density at radius 2 is 1.74 bits per heavy atom. The molecule has 3 aromatic carbocycles. The summed E-state index contributed by atoms with van der Waals surface area (Å²) in [6.07, 6.45) is 5.73. The number of carboxylic acid groups (broad SMARTS) is 1. The molecule has 0 radical (unpaired) electrons. The number of fused-ring (bicyclic) bond motifs is 10. The standard InChI is InChI=1S/C51H52Cl2FN6O7PS/c1-7-9-37-23-38(64-26-36-16-17-55-48(58-36)34-11-8-10-32(22-34)28-68(5,6)63)24-40(51(61)62)67-49-43-42(47(69-50(43)57-29-56-49)33-12-14-35(54)15-13-33)41-30(2)44(52)46(45(53)31(41)3)66-39(27-65-37)25-60-20-18-59(4)19-21-60/h7-17,22-23,29,39-40H,1,18-21,24-28H2,2-6H3,(H,61,62)/b37-9+,38-23-/t39-,40-/m1/s1. The van der Waals surface area contributed by atoms with Gasteiger partial charge >= 0.3 is 5.97 Å². The minimum absolute atomic E-state index is 0.0161. The summed E-state index contributed by atoms with van der Waals surface area (Å²) in [7, 11) is -0.250. The van der Waals surface area contributed by atoms with Crippen molar-refractivity contribution in [2.75, 3.05) is 59.7 Å². The van der Waals surface area contributed by atoms with Crippen molar-refractivity contribution in [2.24, 2.45) is 0 Å². The van der Waals surface area contributed by atoms with Crippen molar-refractivity contribution in [1.82, 2.24) is 29.7 Å². The Morgan fingerprint density at radius 1 is 1.00 bits per heavy atom. The average molecular weight is 1010 g/mol. The fraction of sp³-hybridized carbons (Fsp3) is 0.314. The highest BCUT2D eigenvalue weighted by Gasteiger charge is 2.32. The minimum atomic E-state index is -2.34. The molecule has 0 spiro atoms. The van der Waals surface area contributed by atoms with Crippen molar-refractivity contribution in [1.29, 1.82) is 0 Å². The number of piperazine rings is 1. The van der Waals surface area contributed by atoms with Gasteiger partial charge in [-0.1, -0.05) is 66.2 Å². The van der Waals surface area contributed by atoms with Gasteiger partial charge < -0.3 is 33.5 Å². The lowest BCUT2D eigenvalue weighted by Gasteiger charge is -2.35. The van der Waals surface area contributed by atoms with E-state index in [1.165, 1.54) is 29.8 Å². The molecule has 13 nitrogen and oxygen atoms in total. The number of likely N-dealkylation sites (N-methyl/N-ethyl adjacent to an activating group) is 1. The third kappa shape index (κ3) is 11.9. The van der Waals surface area contributed by atoms with Crippen molar-refractivity contribution >= 4 is 57.9 Å². The molecule has 0 aliphatic carbocycles. The molecule has 0 unspecified atom stereocenters. The van der Waals surface area contributed by atoms with Crippen LogP contribution in [0.2, 0.25) is 10.0 Å².